The van der Waals surface area contributed by atoms with E-state index < -0.39 is 0 Å². The van der Waals surface area contributed by atoms with E-state index in [1.54, 1.807) is 24.5 Å². The van der Waals surface area contributed by atoms with Gasteiger partial charge in [0.05, 0.1) is 19.3 Å². The third-order valence-corrected chi connectivity index (χ3v) is 5.25. The second-order valence-electron chi connectivity index (χ2n) is 7.13. The second-order valence-corrected chi connectivity index (χ2v) is 7.13. The summed E-state index contributed by atoms with van der Waals surface area (Å²) in [6.07, 6.45) is 6.22. The van der Waals surface area contributed by atoms with Crippen LogP contribution in [0.4, 0.5) is 0 Å². The van der Waals surface area contributed by atoms with E-state index in [2.05, 4.69) is 21.9 Å². The molecule has 0 N–H and O–H groups in total. The molecule has 2 aliphatic heterocycles. The number of aryl methyl sites for hydroxylation is 1. The average Bonchev–Trinajstić information content (AvgIpc) is 3.33. The molecule has 1 amide bonds. The summed E-state index contributed by atoms with van der Waals surface area (Å²) in [5.74, 6) is 1.44. The number of rotatable bonds is 4. The van der Waals surface area contributed by atoms with Crippen LogP contribution in [0.5, 0.6) is 5.88 Å². The van der Waals surface area contributed by atoms with E-state index in [1.165, 1.54) is 0 Å². The fourth-order valence-corrected chi connectivity index (χ4v) is 3.60. The molecule has 0 bridgehead atoms. The van der Waals surface area contributed by atoms with Crippen LogP contribution >= 0.6 is 0 Å². The Morgan fingerprint density at radius 2 is 2.15 bits per heavy atom. The molecular formula is C19H25N5O3. The van der Waals surface area contributed by atoms with Crippen LogP contribution in [0.2, 0.25) is 0 Å². The lowest BCUT2D eigenvalue weighted by molar-refractivity contribution is 0.0528. The van der Waals surface area contributed by atoms with E-state index in [4.69, 9.17) is 9.47 Å². The van der Waals surface area contributed by atoms with E-state index in [9.17, 15) is 4.79 Å². The highest BCUT2D eigenvalue weighted by molar-refractivity contribution is 5.94. The monoisotopic (exact) mass is 371 g/mol. The maximum atomic E-state index is 13.1. The quantitative estimate of drug-likeness (QED) is 0.802. The van der Waals surface area contributed by atoms with Crippen LogP contribution < -0.4 is 4.74 Å². The maximum Gasteiger partial charge on any atom is 0.254 e. The van der Waals surface area contributed by atoms with E-state index in [0.717, 1.165) is 18.8 Å². The molecule has 0 aliphatic carbocycles. The van der Waals surface area contributed by atoms with Crippen LogP contribution in [-0.4, -0.2) is 76.2 Å². The van der Waals surface area contributed by atoms with E-state index in [1.807, 2.05) is 22.7 Å². The van der Waals surface area contributed by atoms with Gasteiger partial charge in [-0.05, 0) is 13.1 Å². The standard InChI is InChI=1S/C19H25N5O3/c1-22-8-9-24(12-16(22)18-21-6-7-23(18)2)19(25)14-3-5-20-17(11-14)27-15-4-10-26-13-15/h3,5-7,11,15-16H,4,8-10,12-13H2,1-2H3. The van der Waals surface area contributed by atoms with E-state index >= 15 is 0 Å². The number of hydrogen-bond donors (Lipinski definition) is 0. The summed E-state index contributed by atoms with van der Waals surface area (Å²) in [6, 6.07) is 3.55. The summed E-state index contributed by atoms with van der Waals surface area (Å²) < 4.78 is 13.2. The van der Waals surface area contributed by atoms with Gasteiger partial charge in [-0.2, -0.15) is 0 Å². The Morgan fingerprint density at radius 1 is 1.26 bits per heavy atom. The second kappa shape index (κ2) is 7.66. The number of ether oxygens (including phenoxy) is 2. The predicted molar refractivity (Wildman–Crippen MR) is 98.6 cm³/mol. The lowest BCUT2D eigenvalue weighted by atomic mass is 10.1. The van der Waals surface area contributed by atoms with Gasteiger partial charge in [-0.3, -0.25) is 9.69 Å². The van der Waals surface area contributed by atoms with Crippen molar-refractivity contribution < 1.29 is 14.3 Å². The van der Waals surface area contributed by atoms with Gasteiger partial charge in [-0.25, -0.2) is 9.97 Å². The Hall–Kier alpha value is -2.45. The number of aromatic nitrogens is 3. The number of pyridine rings is 1. The van der Waals surface area contributed by atoms with Crippen LogP contribution in [0, 0.1) is 0 Å². The average molecular weight is 371 g/mol. The number of nitrogens with zero attached hydrogens (tertiary/aromatic N) is 5. The molecule has 2 aromatic rings. The number of carbonyl (C=O) groups is 1. The van der Waals surface area contributed by atoms with Crippen LogP contribution in [0.15, 0.2) is 30.7 Å². The lowest BCUT2D eigenvalue weighted by Crippen LogP contribution is -2.49. The molecule has 8 heteroatoms. The zero-order chi connectivity index (χ0) is 18.8. The van der Waals surface area contributed by atoms with Gasteiger partial charge in [0.15, 0.2) is 0 Å². The molecule has 144 valence electrons. The Morgan fingerprint density at radius 3 is 2.89 bits per heavy atom. The minimum absolute atomic E-state index is 0.00256. The van der Waals surface area contributed by atoms with Gasteiger partial charge >= 0.3 is 0 Å². The first-order chi connectivity index (χ1) is 13.1. The summed E-state index contributed by atoms with van der Waals surface area (Å²) in [6.45, 7) is 3.38. The molecule has 8 nitrogen and oxygen atoms in total. The van der Waals surface area contributed by atoms with Crippen molar-refractivity contribution in [2.75, 3.05) is 39.9 Å². The minimum atomic E-state index is -0.00256. The van der Waals surface area contributed by atoms with Gasteiger partial charge in [0, 0.05) is 63.3 Å². The summed E-state index contributed by atoms with van der Waals surface area (Å²) in [5, 5.41) is 0. The minimum Gasteiger partial charge on any atom is -0.472 e. The molecule has 4 rings (SSSR count). The number of piperazine rings is 1. The van der Waals surface area contributed by atoms with E-state index in [-0.39, 0.29) is 18.1 Å². The zero-order valence-corrected chi connectivity index (χ0v) is 15.7. The first kappa shape index (κ1) is 17.9. The summed E-state index contributed by atoms with van der Waals surface area (Å²) in [4.78, 5) is 25.9. The van der Waals surface area contributed by atoms with Crippen LogP contribution in [0.3, 0.4) is 0 Å². The van der Waals surface area contributed by atoms with Gasteiger partial charge in [-0.1, -0.05) is 0 Å². The molecular weight excluding hydrogens is 346 g/mol. The Bertz CT molecular complexity index is 802. The Kier molecular flexibility index (Phi) is 5.09. The predicted octanol–water partition coefficient (Wildman–Crippen LogP) is 1.11. The number of carbonyl (C=O) groups excluding carboxylic acids is 1. The van der Waals surface area contributed by atoms with Crippen molar-refractivity contribution in [2.45, 2.75) is 18.6 Å². The first-order valence-corrected chi connectivity index (χ1v) is 9.29. The first-order valence-electron chi connectivity index (χ1n) is 9.29. The highest BCUT2D eigenvalue weighted by atomic mass is 16.5. The van der Waals surface area contributed by atoms with Crippen LogP contribution in [-0.2, 0) is 11.8 Å². The third-order valence-electron chi connectivity index (χ3n) is 5.25. The molecule has 0 radical (unpaired) electrons. The fourth-order valence-electron chi connectivity index (χ4n) is 3.60. The fraction of sp³-hybridized carbons (Fsp3) is 0.526. The highest BCUT2D eigenvalue weighted by Gasteiger charge is 2.31. The molecule has 0 spiro atoms. The molecule has 2 saturated heterocycles. The number of imidazole rings is 1. The van der Waals surface area contributed by atoms with Crippen molar-refractivity contribution in [3.05, 3.63) is 42.1 Å². The van der Waals surface area contributed by atoms with Gasteiger partial charge < -0.3 is 18.9 Å². The highest BCUT2D eigenvalue weighted by Crippen LogP contribution is 2.24. The van der Waals surface area contributed by atoms with Gasteiger partial charge in [0.1, 0.15) is 11.9 Å². The van der Waals surface area contributed by atoms with Gasteiger partial charge in [-0.15, -0.1) is 0 Å². The summed E-state index contributed by atoms with van der Waals surface area (Å²) in [5.41, 5.74) is 0.599. The number of hydrogen-bond acceptors (Lipinski definition) is 6. The van der Waals surface area contributed by atoms with Crippen molar-refractivity contribution in [3.63, 3.8) is 0 Å². The van der Waals surface area contributed by atoms with Crippen molar-refractivity contribution in [3.8, 4) is 5.88 Å². The molecule has 0 saturated carbocycles. The van der Waals surface area contributed by atoms with Crippen molar-refractivity contribution in [2.24, 2.45) is 7.05 Å². The Labute approximate surface area is 158 Å². The third kappa shape index (κ3) is 3.81. The molecule has 2 aromatic heterocycles. The number of amides is 1. The molecule has 0 aromatic carbocycles. The molecule has 2 atom stereocenters. The molecule has 2 aliphatic rings. The molecule has 27 heavy (non-hydrogen) atoms. The topological polar surface area (TPSA) is 72.7 Å². The summed E-state index contributed by atoms with van der Waals surface area (Å²) >= 11 is 0. The van der Waals surface area contributed by atoms with Crippen molar-refractivity contribution in [1.29, 1.82) is 0 Å². The maximum absolute atomic E-state index is 13.1. The van der Waals surface area contributed by atoms with Gasteiger partial charge in [0.25, 0.3) is 5.91 Å². The van der Waals surface area contributed by atoms with Crippen molar-refractivity contribution in [1.82, 2.24) is 24.3 Å². The zero-order valence-electron chi connectivity index (χ0n) is 15.7. The van der Waals surface area contributed by atoms with Crippen molar-refractivity contribution >= 4 is 5.91 Å². The smallest absolute Gasteiger partial charge is 0.254 e. The molecule has 4 heterocycles. The van der Waals surface area contributed by atoms with E-state index in [0.29, 0.717) is 37.7 Å². The summed E-state index contributed by atoms with van der Waals surface area (Å²) in [7, 11) is 4.05. The normalized spacial score (nSPS) is 23.6. The molecule has 2 unspecified atom stereocenters. The van der Waals surface area contributed by atoms with Crippen LogP contribution in [0.25, 0.3) is 0 Å². The Balaban J connectivity index is 1.48. The SMILES string of the molecule is CN1CCN(C(=O)c2ccnc(OC3CCOC3)c2)CC1c1nccn1C. The van der Waals surface area contributed by atoms with Gasteiger partial charge in [0.2, 0.25) is 5.88 Å². The lowest BCUT2D eigenvalue weighted by Gasteiger charge is -2.39. The number of likely N-dealkylation sites (N-methyl/N-ethyl adjacent to an activating group) is 1. The largest absolute Gasteiger partial charge is 0.472 e. The van der Waals surface area contributed by atoms with Crippen LogP contribution in [0.1, 0.15) is 28.6 Å². The molecule has 2 fully saturated rings.